The fraction of sp³-hybridized carbons (Fsp3) is 0.647. The molecule has 6 atom stereocenters. The van der Waals surface area contributed by atoms with Gasteiger partial charge in [-0.1, -0.05) is 0 Å². The molecule has 0 aromatic rings. The number of carbonyl (C=O) groups excluding carboxylic acids is 8. The number of nitrogens with two attached hydrogens (primary N) is 6. The minimum Gasteiger partial charge on any atom is -0.481 e. The Hall–Kier alpha value is -6.41. The maximum atomic E-state index is 13.8. The molecule has 0 spiro atoms. The number of guanidine groups is 2. The second-order valence-electron chi connectivity index (χ2n) is 13.5. The average molecular weight is 889 g/mol. The van der Waals surface area contributed by atoms with Crippen molar-refractivity contribution >= 4 is 82.9 Å². The number of hydrogen-bond donors (Lipinski definition) is 14. The third-order valence-electron chi connectivity index (χ3n) is 8.36. The van der Waals surface area contributed by atoms with Gasteiger partial charge in [0.1, 0.15) is 36.3 Å². The highest BCUT2D eigenvalue weighted by Crippen LogP contribution is 2.09. The second kappa shape index (κ2) is 29.7. The number of aliphatic carboxylic acids is 2. The van der Waals surface area contributed by atoms with Crippen molar-refractivity contribution in [3.63, 3.8) is 0 Å². The van der Waals surface area contributed by atoms with E-state index in [-0.39, 0.29) is 75.7 Å². The Balaban J connectivity index is 6.52. The number of nitrogens with zero attached hydrogens (tertiary/aromatic N) is 2. The van der Waals surface area contributed by atoms with Gasteiger partial charge in [-0.3, -0.25) is 57.9 Å². The van der Waals surface area contributed by atoms with E-state index in [1.54, 1.807) is 6.26 Å². The molecule has 26 nitrogen and oxygen atoms in total. The number of primary amides is 2. The number of aliphatic imine (C=N–C) groups is 2. The first-order valence-electron chi connectivity index (χ1n) is 19.0. The first kappa shape index (κ1) is 54.6. The standard InChI is InChI=1S/C34H60N14O12S/c1-17(49)43-20(8-11-25(51)52)29(57)47-22(9-12-26(53)54)31(59)48-23(13-16-61-2)32(60)46-21(7-10-24(35)50)30(58)45-19(6-4-15-42-34(39)40)28(56)44-18(27(36)55)5-3-14-41-33(37)38/h18-23H,3-16H2,1-2H3,(H2,35,50)(H2,36,55)(H,43,49)(H,44,56)(H,45,58)(H,46,60)(H,47,57)(H,48,59)(H,51,52)(H,53,54)(H4,37,38,41)(H4,39,40,42)/t18-,19-,20+,21-,22+,23+/m1/s1. The molecule has 27 heteroatoms. The van der Waals surface area contributed by atoms with E-state index in [2.05, 4.69) is 41.9 Å². The summed E-state index contributed by atoms with van der Waals surface area (Å²) < 4.78 is 0. The molecule has 0 unspecified atom stereocenters. The van der Waals surface area contributed by atoms with Gasteiger partial charge in [0.05, 0.1) is 0 Å². The molecule has 0 fully saturated rings. The van der Waals surface area contributed by atoms with Gasteiger partial charge in [0, 0.05) is 39.3 Å². The molecule has 0 heterocycles. The predicted octanol–water partition coefficient (Wildman–Crippen LogP) is -5.74. The number of carboxylic acid groups (broad SMARTS) is 2. The highest BCUT2D eigenvalue weighted by atomic mass is 32.2. The molecule has 0 aliphatic heterocycles. The maximum Gasteiger partial charge on any atom is 0.303 e. The summed E-state index contributed by atoms with van der Waals surface area (Å²) in [5.74, 6) is -10.1. The van der Waals surface area contributed by atoms with Crippen molar-refractivity contribution in [3.05, 3.63) is 0 Å². The van der Waals surface area contributed by atoms with Crippen LogP contribution in [0.15, 0.2) is 9.98 Å². The molecular weight excluding hydrogens is 829 g/mol. The molecule has 0 saturated heterocycles. The van der Waals surface area contributed by atoms with Crippen molar-refractivity contribution in [3.8, 4) is 0 Å². The fourth-order valence-corrected chi connectivity index (χ4v) is 5.77. The number of hydrogen-bond acceptors (Lipinski definition) is 13. The van der Waals surface area contributed by atoms with Crippen molar-refractivity contribution in [1.82, 2.24) is 31.9 Å². The highest BCUT2D eigenvalue weighted by molar-refractivity contribution is 7.98. The lowest BCUT2D eigenvalue weighted by Gasteiger charge is -2.27. The Morgan fingerprint density at radius 3 is 1.15 bits per heavy atom. The summed E-state index contributed by atoms with van der Waals surface area (Å²) in [6, 6.07) is -8.59. The molecule has 0 aromatic carbocycles. The summed E-state index contributed by atoms with van der Waals surface area (Å²) in [7, 11) is 0. The molecule has 61 heavy (non-hydrogen) atoms. The van der Waals surface area contributed by atoms with E-state index in [0.29, 0.717) is 0 Å². The van der Waals surface area contributed by atoms with Gasteiger partial charge in [0.2, 0.25) is 47.3 Å². The zero-order valence-electron chi connectivity index (χ0n) is 34.1. The summed E-state index contributed by atoms with van der Waals surface area (Å²) in [5.41, 5.74) is 32.3. The zero-order valence-corrected chi connectivity index (χ0v) is 34.9. The van der Waals surface area contributed by atoms with Gasteiger partial charge in [-0.2, -0.15) is 11.8 Å². The first-order chi connectivity index (χ1) is 28.6. The summed E-state index contributed by atoms with van der Waals surface area (Å²) >= 11 is 1.27. The van der Waals surface area contributed by atoms with Gasteiger partial charge in [-0.15, -0.1) is 0 Å². The molecule has 0 aromatic heterocycles. The lowest BCUT2D eigenvalue weighted by molar-refractivity contribution is -0.140. The van der Waals surface area contributed by atoms with Crippen LogP contribution in [0.1, 0.15) is 77.6 Å². The van der Waals surface area contributed by atoms with E-state index in [1.165, 1.54) is 11.8 Å². The van der Waals surface area contributed by atoms with Crippen LogP contribution in [-0.4, -0.2) is 143 Å². The van der Waals surface area contributed by atoms with E-state index >= 15 is 0 Å². The molecule has 0 rings (SSSR count). The Morgan fingerprint density at radius 1 is 0.492 bits per heavy atom. The minimum atomic E-state index is -1.60. The molecule has 0 bridgehead atoms. The van der Waals surface area contributed by atoms with Gasteiger partial charge >= 0.3 is 11.9 Å². The highest BCUT2D eigenvalue weighted by Gasteiger charge is 2.33. The summed E-state index contributed by atoms with van der Waals surface area (Å²) in [5, 5.41) is 32.8. The number of carboxylic acids is 2. The molecule has 0 saturated carbocycles. The van der Waals surface area contributed by atoms with Gasteiger partial charge in [0.25, 0.3) is 0 Å². The van der Waals surface area contributed by atoms with E-state index in [1.807, 2.05) is 0 Å². The Labute approximate surface area is 355 Å². The number of amides is 8. The molecule has 344 valence electrons. The summed E-state index contributed by atoms with van der Waals surface area (Å²) in [6.07, 6.45) is -0.914. The van der Waals surface area contributed by atoms with Gasteiger partial charge in [-0.25, -0.2) is 0 Å². The molecule has 0 aliphatic carbocycles. The quantitative estimate of drug-likeness (QED) is 0.0170. The largest absolute Gasteiger partial charge is 0.481 e. The number of nitrogens with one attached hydrogen (secondary N) is 6. The second-order valence-corrected chi connectivity index (χ2v) is 14.5. The van der Waals surface area contributed by atoms with E-state index in [0.717, 1.165) is 6.92 Å². The molecule has 0 radical (unpaired) electrons. The van der Waals surface area contributed by atoms with Crippen LogP contribution in [0.4, 0.5) is 0 Å². The van der Waals surface area contributed by atoms with Crippen LogP contribution >= 0.6 is 11.8 Å². The van der Waals surface area contributed by atoms with Crippen LogP contribution in [0.3, 0.4) is 0 Å². The Morgan fingerprint density at radius 2 is 0.820 bits per heavy atom. The van der Waals surface area contributed by atoms with Crippen LogP contribution < -0.4 is 66.3 Å². The molecular formula is C34H60N14O12S. The summed E-state index contributed by atoms with van der Waals surface area (Å²) in [6.45, 7) is 1.22. The maximum absolute atomic E-state index is 13.8. The van der Waals surface area contributed by atoms with Gasteiger partial charge in [-0.05, 0) is 63.4 Å². The fourth-order valence-electron chi connectivity index (χ4n) is 5.30. The van der Waals surface area contributed by atoms with E-state index < -0.39 is 121 Å². The number of carbonyl (C=O) groups is 10. The molecule has 0 aliphatic rings. The van der Waals surface area contributed by atoms with Gasteiger partial charge < -0.3 is 76.5 Å². The minimum absolute atomic E-state index is 0.0222. The smallest absolute Gasteiger partial charge is 0.303 e. The van der Waals surface area contributed by atoms with Crippen molar-refractivity contribution < 1.29 is 58.2 Å². The Kier molecular flexibility index (Phi) is 26.6. The van der Waals surface area contributed by atoms with Crippen molar-refractivity contribution in [2.24, 2.45) is 44.4 Å². The topological polar surface area (TPSA) is 464 Å². The average Bonchev–Trinajstić information content (AvgIpc) is 3.16. The number of thioether (sulfide) groups is 1. The normalized spacial score (nSPS) is 13.5. The van der Waals surface area contributed by atoms with E-state index in [9.17, 15) is 53.1 Å². The van der Waals surface area contributed by atoms with E-state index in [4.69, 9.17) is 39.5 Å². The van der Waals surface area contributed by atoms with Crippen LogP contribution in [0.5, 0.6) is 0 Å². The van der Waals surface area contributed by atoms with Crippen molar-refractivity contribution in [1.29, 1.82) is 0 Å². The monoisotopic (exact) mass is 888 g/mol. The van der Waals surface area contributed by atoms with Crippen LogP contribution in [0.25, 0.3) is 0 Å². The van der Waals surface area contributed by atoms with Gasteiger partial charge in [0.15, 0.2) is 11.9 Å². The predicted molar refractivity (Wildman–Crippen MR) is 221 cm³/mol. The third kappa shape index (κ3) is 25.6. The van der Waals surface area contributed by atoms with Crippen LogP contribution in [0.2, 0.25) is 0 Å². The zero-order chi connectivity index (χ0) is 46.7. The van der Waals surface area contributed by atoms with Crippen LogP contribution in [0, 0.1) is 0 Å². The lowest BCUT2D eigenvalue weighted by atomic mass is 10.0. The third-order valence-corrected chi connectivity index (χ3v) is 9.00. The lowest BCUT2D eigenvalue weighted by Crippen LogP contribution is -2.59. The SMILES string of the molecule is CSCC[C@H](NC(=O)[C@H](CCC(=O)O)NC(=O)[C@H](CCC(=O)O)NC(C)=O)C(=O)N[C@H](CCC(N)=O)C(=O)N[C@H](CCCN=C(N)N)C(=O)N[C@H](CCCN=C(N)N)C(N)=O. The summed E-state index contributed by atoms with van der Waals surface area (Å²) in [4.78, 5) is 134. The van der Waals surface area contributed by atoms with Crippen molar-refractivity contribution in [2.45, 2.75) is 114 Å². The first-order valence-corrected chi connectivity index (χ1v) is 20.4. The molecule has 20 N–H and O–H groups in total. The van der Waals surface area contributed by atoms with Crippen LogP contribution in [-0.2, 0) is 47.9 Å². The van der Waals surface area contributed by atoms with Crippen molar-refractivity contribution in [2.75, 3.05) is 25.1 Å². The molecule has 8 amide bonds. The number of rotatable bonds is 32. The Bertz CT molecular complexity index is 1610.